The van der Waals surface area contributed by atoms with Gasteiger partial charge in [0.15, 0.2) is 0 Å². The van der Waals surface area contributed by atoms with Crippen molar-refractivity contribution in [3.63, 3.8) is 0 Å². The van der Waals surface area contributed by atoms with Gasteiger partial charge in [-0.3, -0.25) is 9.58 Å². The number of rotatable bonds is 4. The molecule has 0 aliphatic carbocycles. The summed E-state index contributed by atoms with van der Waals surface area (Å²) < 4.78 is 1.97. The van der Waals surface area contributed by atoms with E-state index in [1.165, 1.54) is 30.8 Å². The fourth-order valence-electron chi connectivity index (χ4n) is 2.71. The summed E-state index contributed by atoms with van der Waals surface area (Å²) in [6, 6.07) is 0.712. The molecule has 96 valence electrons. The number of hydrogen-bond donors (Lipinski definition) is 1. The topological polar surface area (TPSA) is 33.1 Å². The van der Waals surface area contributed by atoms with Crippen LogP contribution in [0.2, 0.25) is 0 Å². The standard InChI is InChI=1S/C13H24N4/c1-5-14-13-12(11(3)15-16(13)4)9-17-8-6-7-10(17)2/h10,14H,5-9H2,1-4H3. The van der Waals surface area contributed by atoms with Crippen molar-refractivity contribution in [2.24, 2.45) is 7.05 Å². The molecular weight excluding hydrogens is 212 g/mol. The molecule has 1 aromatic heterocycles. The predicted octanol–water partition coefficient (Wildman–Crippen LogP) is 2.14. The Morgan fingerprint density at radius 3 is 2.82 bits per heavy atom. The number of nitrogens with one attached hydrogen (secondary N) is 1. The maximum absolute atomic E-state index is 4.52. The normalized spacial score (nSPS) is 21.1. The lowest BCUT2D eigenvalue weighted by atomic mass is 10.2. The first-order valence-corrected chi connectivity index (χ1v) is 6.63. The van der Waals surface area contributed by atoms with Crippen LogP contribution in [-0.4, -0.2) is 33.8 Å². The third-order valence-corrected chi connectivity index (χ3v) is 3.74. The number of hydrogen-bond acceptors (Lipinski definition) is 3. The fraction of sp³-hybridized carbons (Fsp3) is 0.769. The van der Waals surface area contributed by atoms with Gasteiger partial charge in [-0.2, -0.15) is 5.10 Å². The second-order valence-electron chi connectivity index (χ2n) is 5.03. The molecule has 1 atom stereocenters. The van der Waals surface area contributed by atoms with E-state index >= 15 is 0 Å². The highest BCUT2D eigenvalue weighted by atomic mass is 15.3. The van der Waals surface area contributed by atoms with Gasteiger partial charge >= 0.3 is 0 Å². The monoisotopic (exact) mass is 236 g/mol. The largest absolute Gasteiger partial charge is 0.370 e. The third-order valence-electron chi connectivity index (χ3n) is 3.74. The SMILES string of the molecule is CCNc1c(CN2CCCC2C)c(C)nn1C. The van der Waals surface area contributed by atoms with Gasteiger partial charge in [-0.25, -0.2) is 0 Å². The van der Waals surface area contributed by atoms with Crippen LogP contribution in [0.25, 0.3) is 0 Å². The molecule has 0 radical (unpaired) electrons. The minimum atomic E-state index is 0.712. The molecular formula is C13H24N4. The van der Waals surface area contributed by atoms with Gasteiger partial charge in [0.25, 0.3) is 0 Å². The Morgan fingerprint density at radius 2 is 2.24 bits per heavy atom. The zero-order valence-electron chi connectivity index (χ0n) is 11.5. The molecule has 1 unspecified atom stereocenters. The van der Waals surface area contributed by atoms with Gasteiger partial charge in [0.1, 0.15) is 5.82 Å². The number of aryl methyl sites for hydroxylation is 2. The molecule has 1 aliphatic heterocycles. The molecule has 0 amide bonds. The molecule has 0 aromatic carbocycles. The first-order valence-electron chi connectivity index (χ1n) is 6.63. The van der Waals surface area contributed by atoms with Crippen LogP contribution < -0.4 is 5.32 Å². The van der Waals surface area contributed by atoms with Crippen LogP contribution >= 0.6 is 0 Å². The Morgan fingerprint density at radius 1 is 1.47 bits per heavy atom. The van der Waals surface area contributed by atoms with E-state index in [2.05, 4.69) is 36.1 Å². The molecule has 4 nitrogen and oxygen atoms in total. The smallest absolute Gasteiger partial charge is 0.128 e. The van der Waals surface area contributed by atoms with Gasteiger partial charge in [0.05, 0.1) is 5.69 Å². The molecule has 1 N–H and O–H groups in total. The van der Waals surface area contributed by atoms with Crippen molar-refractivity contribution >= 4 is 5.82 Å². The quantitative estimate of drug-likeness (QED) is 0.869. The summed E-state index contributed by atoms with van der Waals surface area (Å²) in [5.74, 6) is 1.18. The number of nitrogens with zero attached hydrogens (tertiary/aromatic N) is 3. The zero-order valence-corrected chi connectivity index (χ0v) is 11.5. The Balaban J connectivity index is 2.18. The number of aromatic nitrogens is 2. The molecule has 4 heteroatoms. The molecule has 1 aliphatic rings. The Bertz CT molecular complexity index is 383. The summed E-state index contributed by atoms with van der Waals surface area (Å²) in [7, 11) is 2.02. The van der Waals surface area contributed by atoms with Crippen LogP contribution in [0.4, 0.5) is 5.82 Å². The summed E-state index contributed by atoms with van der Waals surface area (Å²) in [6.07, 6.45) is 2.66. The summed E-state index contributed by atoms with van der Waals surface area (Å²) in [4.78, 5) is 2.56. The van der Waals surface area contributed by atoms with E-state index in [4.69, 9.17) is 0 Å². The molecule has 1 fully saturated rings. The predicted molar refractivity (Wildman–Crippen MR) is 71.2 cm³/mol. The van der Waals surface area contributed by atoms with Crippen molar-refractivity contribution in [3.05, 3.63) is 11.3 Å². The van der Waals surface area contributed by atoms with Crippen molar-refractivity contribution in [1.82, 2.24) is 14.7 Å². The van der Waals surface area contributed by atoms with Crippen molar-refractivity contribution in [2.45, 2.75) is 46.2 Å². The minimum absolute atomic E-state index is 0.712. The molecule has 0 bridgehead atoms. The van der Waals surface area contributed by atoms with E-state index < -0.39 is 0 Å². The van der Waals surface area contributed by atoms with Crippen LogP contribution in [0.5, 0.6) is 0 Å². The summed E-state index contributed by atoms with van der Waals surface area (Å²) >= 11 is 0. The van der Waals surface area contributed by atoms with E-state index in [0.717, 1.165) is 18.8 Å². The lowest BCUT2D eigenvalue weighted by Crippen LogP contribution is -2.26. The van der Waals surface area contributed by atoms with Crippen LogP contribution in [0, 0.1) is 6.92 Å². The highest BCUT2D eigenvalue weighted by Crippen LogP contribution is 2.25. The first kappa shape index (κ1) is 12.4. The van der Waals surface area contributed by atoms with Crippen molar-refractivity contribution in [3.8, 4) is 0 Å². The summed E-state index contributed by atoms with van der Waals surface area (Å²) in [6.45, 7) is 9.76. The molecule has 0 spiro atoms. The van der Waals surface area contributed by atoms with E-state index in [1.54, 1.807) is 0 Å². The van der Waals surface area contributed by atoms with Gasteiger partial charge in [-0.1, -0.05) is 0 Å². The molecule has 0 saturated carbocycles. The second kappa shape index (κ2) is 5.08. The van der Waals surface area contributed by atoms with Crippen LogP contribution in [-0.2, 0) is 13.6 Å². The fourth-order valence-corrected chi connectivity index (χ4v) is 2.71. The van der Waals surface area contributed by atoms with Gasteiger partial charge < -0.3 is 5.32 Å². The average molecular weight is 236 g/mol. The summed E-state index contributed by atoms with van der Waals surface area (Å²) in [5.41, 5.74) is 2.52. The minimum Gasteiger partial charge on any atom is -0.370 e. The molecule has 2 heterocycles. The highest BCUT2D eigenvalue weighted by Gasteiger charge is 2.23. The van der Waals surface area contributed by atoms with Crippen molar-refractivity contribution in [1.29, 1.82) is 0 Å². The van der Waals surface area contributed by atoms with Crippen LogP contribution in [0.3, 0.4) is 0 Å². The van der Waals surface area contributed by atoms with Gasteiger partial charge in [0.2, 0.25) is 0 Å². The lowest BCUT2D eigenvalue weighted by molar-refractivity contribution is 0.260. The second-order valence-corrected chi connectivity index (χ2v) is 5.03. The highest BCUT2D eigenvalue weighted by molar-refractivity contribution is 5.47. The molecule has 2 rings (SSSR count). The number of likely N-dealkylation sites (tertiary alicyclic amines) is 1. The van der Waals surface area contributed by atoms with Gasteiger partial charge in [-0.05, 0) is 40.2 Å². The van der Waals surface area contributed by atoms with Gasteiger partial charge in [-0.15, -0.1) is 0 Å². The Hall–Kier alpha value is -1.03. The lowest BCUT2D eigenvalue weighted by Gasteiger charge is -2.21. The zero-order chi connectivity index (χ0) is 12.4. The maximum atomic E-state index is 4.52. The van der Waals surface area contributed by atoms with E-state index in [9.17, 15) is 0 Å². The van der Waals surface area contributed by atoms with E-state index in [-0.39, 0.29) is 0 Å². The Kier molecular flexibility index (Phi) is 3.72. The summed E-state index contributed by atoms with van der Waals surface area (Å²) in [5, 5.41) is 7.95. The first-order chi connectivity index (χ1) is 8.13. The van der Waals surface area contributed by atoms with Crippen molar-refractivity contribution < 1.29 is 0 Å². The maximum Gasteiger partial charge on any atom is 0.128 e. The van der Waals surface area contributed by atoms with E-state index in [1.807, 2.05) is 11.7 Å². The average Bonchev–Trinajstić information content (AvgIpc) is 2.78. The van der Waals surface area contributed by atoms with Crippen LogP contribution in [0.15, 0.2) is 0 Å². The van der Waals surface area contributed by atoms with E-state index in [0.29, 0.717) is 6.04 Å². The molecule has 17 heavy (non-hydrogen) atoms. The molecule has 1 aromatic rings. The van der Waals surface area contributed by atoms with Crippen LogP contribution in [0.1, 0.15) is 37.9 Å². The molecule has 1 saturated heterocycles. The number of anilines is 1. The van der Waals surface area contributed by atoms with Gasteiger partial charge in [0, 0.05) is 31.7 Å². The van der Waals surface area contributed by atoms with Crippen molar-refractivity contribution in [2.75, 3.05) is 18.4 Å². The third kappa shape index (κ3) is 2.46. The Labute approximate surface area is 104 Å².